The van der Waals surface area contributed by atoms with Gasteiger partial charge in [0, 0.05) is 12.0 Å². The molecule has 0 bridgehead atoms. The van der Waals surface area contributed by atoms with Crippen LogP contribution in [0.2, 0.25) is 0 Å². The smallest absolute Gasteiger partial charge is 0.261 e. The number of rotatable bonds is 5. The van der Waals surface area contributed by atoms with Gasteiger partial charge in [-0.2, -0.15) is 0 Å². The van der Waals surface area contributed by atoms with E-state index in [-0.39, 0.29) is 17.6 Å². The summed E-state index contributed by atoms with van der Waals surface area (Å²) < 4.78 is 12.1. The van der Waals surface area contributed by atoms with Gasteiger partial charge in [-0.1, -0.05) is 42.8 Å². The van der Waals surface area contributed by atoms with Crippen molar-refractivity contribution in [3.05, 3.63) is 59.2 Å². The van der Waals surface area contributed by atoms with Crippen LogP contribution >= 0.6 is 0 Å². The van der Waals surface area contributed by atoms with Crippen LogP contribution in [0.4, 0.5) is 0 Å². The topological polar surface area (TPSA) is 47.6 Å². The average Bonchev–Trinajstić information content (AvgIpc) is 2.60. The van der Waals surface area contributed by atoms with Gasteiger partial charge in [-0.25, -0.2) is 0 Å². The molecule has 0 saturated carbocycles. The molecule has 1 amide bonds. The first kappa shape index (κ1) is 19.3. The van der Waals surface area contributed by atoms with Gasteiger partial charge in [0.15, 0.2) is 6.10 Å². The van der Waals surface area contributed by atoms with Gasteiger partial charge in [0.2, 0.25) is 0 Å². The number of hydrogen-bond acceptors (Lipinski definition) is 3. The molecule has 2 aromatic rings. The Morgan fingerprint density at radius 1 is 1.26 bits per heavy atom. The van der Waals surface area contributed by atoms with Crippen LogP contribution in [0.15, 0.2) is 42.5 Å². The van der Waals surface area contributed by atoms with Crippen LogP contribution in [-0.2, 0) is 4.79 Å². The largest absolute Gasteiger partial charge is 0.487 e. The molecule has 4 heteroatoms. The molecule has 1 heterocycles. The summed E-state index contributed by atoms with van der Waals surface area (Å²) in [7, 11) is 0. The second-order valence-corrected chi connectivity index (χ2v) is 7.95. The molecule has 0 fully saturated rings. The van der Waals surface area contributed by atoms with E-state index >= 15 is 0 Å². The first-order valence-electron chi connectivity index (χ1n) is 9.61. The van der Waals surface area contributed by atoms with Crippen molar-refractivity contribution in [2.24, 2.45) is 0 Å². The molecule has 0 saturated heterocycles. The Morgan fingerprint density at radius 3 is 2.70 bits per heavy atom. The van der Waals surface area contributed by atoms with Gasteiger partial charge in [0.1, 0.15) is 17.1 Å². The minimum Gasteiger partial charge on any atom is -0.487 e. The Balaban J connectivity index is 1.76. The number of carbonyl (C=O) groups excluding carboxylic acids is 1. The van der Waals surface area contributed by atoms with Gasteiger partial charge in [-0.05, 0) is 51.8 Å². The molecule has 0 radical (unpaired) electrons. The zero-order valence-corrected chi connectivity index (χ0v) is 16.8. The number of ether oxygens (including phenoxy) is 2. The fourth-order valence-electron chi connectivity index (χ4n) is 3.60. The van der Waals surface area contributed by atoms with Crippen molar-refractivity contribution in [3.8, 4) is 11.5 Å². The van der Waals surface area contributed by atoms with Gasteiger partial charge in [-0.3, -0.25) is 4.79 Å². The third-order valence-corrected chi connectivity index (χ3v) is 4.96. The normalized spacial score (nSPS) is 18.8. The Hall–Kier alpha value is -2.49. The SMILES string of the molecule is CC[C@H](Oc1ccc(C)cc1C)C(=O)N[C@@H]1CC(C)(C)Oc2ccccc21. The Kier molecular flexibility index (Phi) is 5.45. The first-order valence-corrected chi connectivity index (χ1v) is 9.61. The van der Waals surface area contributed by atoms with Gasteiger partial charge < -0.3 is 14.8 Å². The lowest BCUT2D eigenvalue weighted by Crippen LogP contribution is -2.45. The molecule has 1 aliphatic heterocycles. The van der Waals surface area contributed by atoms with Crippen LogP contribution in [0.1, 0.15) is 56.3 Å². The van der Waals surface area contributed by atoms with E-state index in [1.54, 1.807) is 0 Å². The number of amides is 1. The molecule has 0 aliphatic carbocycles. The average molecular weight is 367 g/mol. The van der Waals surface area contributed by atoms with Gasteiger partial charge in [0.05, 0.1) is 6.04 Å². The molecule has 4 nitrogen and oxygen atoms in total. The molecule has 2 aromatic carbocycles. The maximum absolute atomic E-state index is 13.0. The van der Waals surface area contributed by atoms with E-state index in [9.17, 15) is 4.79 Å². The number of carbonyl (C=O) groups is 1. The highest BCUT2D eigenvalue weighted by atomic mass is 16.5. The van der Waals surface area contributed by atoms with E-state index in [0.717, 1.165) is 29.0 Å². The van der Waals surface area contributed by atoms with Crippen LogP contribution in [0.3, 0.4) is 0 Å². The fourth-order valence-corrected chi connectivity index (χ4v) is 3.60. The zero-order chi connectivity index (χ0) is 19.6. The third-order valence-electron chi connectivity index (χ3n) is 4.96. The predicted octanol–water partition coefficient (Wildman–Crippen LogP) is 4.88. The minimum absolute atomic E-state index is 0.0880. The van der Waals surface area contributed by atoms with Crippen LogP contribution < -0.4 is 14.8 Å². The van der Waals surface area contributed by atoms with E-state index in [4.69, 9.17) is 9.47 Å². The summed E-state index contributed by atoms with van der Waals surface area (Å²) in [6, 6.07) is 13.8. The summed E-state index contributed by atoms with van der Waals surface area (Å²) in [4.78, 5) is 13.0. The Labute approximate surface area is 161 Å². The molecule has 0 spiro atoms. The second kappa shape index (κ2) is 7.63. The van der Waals surface area contributed by atoms with Crippen LogP contribution in [0.25, 0.3) is 0 Å². The van der Waals surface area contributed by atoms with Gasteiger partial charge in [0.25, 0.3) is 5.91 Å². The minimum atomic E-state index is -0.524. The van der Waals surface area contributed by atoms with Crippen LogP contribution in [0, 0.1) is 13.8 Å². The van der Waals surface area contributed by atoms with E-state index < -0.39 is 6.10 Å². The Bertz CT molecular complexity index is 828. The second-order valence-electron chi connectivity index (χ2n) is 7.95. The van der Waals surface area contributed by atoms with Crippen LogP contribution in [0.5, 0.6) is 11.5 Å². The van der Waals surface area contributed by atoms with Crippen LogP contribution in [-0.4, -0.2) is 17.6 Å². The summed E-state index contributed by atoms with van der Waals surface area (Å²) in [5.74, 6) is 1.51. The van der Waals surface area contributed by atoms with Crippen molar-refractivity contribution >= 4 is 5.91 Å². The van der Waals surface area contributed by atoms with E-state index in [2.05, 4.69) is 11.4 Å². The third kappa shape index (κ3) is 4.44. The van der Waals surface area contributed by atoms with Gasteiger partial charge in [-0.15, -0.1) is 0 Å². The number of hydrogen-bond donors (Lipinski definition) is 1. The molecular weight excluding hydrogens is 338 g/mol. The maximum Gasteiger partial charge on any atom is 0.261 e. The van der Waals surface area contributed by atoms with Gasteiger partial charge >= 0.3 is 0 Å². The zero-order valence-electron chi connectivity index (χ0n) is 16.8. The number of para-hydroxylation sites is 1. The lowest BCUT2D eigenvalue weighted by atomic mass is 9.89. The first-order chi connectivity index (χ1) is 12.8. The molecule has 144 valence electrons. The number of fused-ring (bicyclic) bond motifs is 1. The molecule has 3 rings (SSSR count). The van der Waals surface area contributed by atoms with Crippen molar-refractivity contribution in [2.75, 3.05) is 0 Å². The standard InChI is InChI=1S/C23H29NO3/c1-6-19(26-20-12-11-15(2)13-16(20)3)22(25)24-18-14-23(4,5)27-21-10-8-7-9-17(18)21/h7-13,18-19H,6,14H2,1-5H3,(H,24,25)/t18-,19+/m1/s1. The molecule has 0 unspecified atom stereocenters. The summed E-state index contributed by atoms with van der Waals surface area (Å²) >= 11 is 0. The van der Waals surface area contributed by atoms with Crippen molar-refractivity contribution in [3.63, 3.8) is 0 Å². The number of nitrogens with one attached hydrogen (secondary N) is 1. The molecular formula is C23H29NO3. The van der Waals surface area contributed by atoms with E-state index in [1.807, 2.05) is 71.0 Å². The predicted molar refractivity (Wildman–Crippen MR) is 107 cm³/mol. The molecule has 1 aliphatic rings. The molecule has 27 heavy (non-hydrogen) atoms. The maximum atomic E-state index is 13.0. The highest BCUT2D eigenvalue weighted by Crippen LogP contribution is 2.39. The molecule has 1 N–H and O–H groups in total. The van der Waals surface area contributed by atoms with Crippen molar-refractivity contribution in [1.82, 2.24) is 5.32 Å². The summed E-state index contributed by atoms with van der Waals surface area (Å²) in [5, 5.41) is 3.19. The van der Waals surface area contributed by atoms with E-state index in [1.165, 1.54) is 5.56 Å². The highest BCUT2D eigenvalue weighted by molar-refractivity contribution is 5.81. The fraction of sp³-hybridized carbons (Fsp3) is 0.435. The van der Waals surface area contributed by atoms with Crippen molar-refractivity contribution in [2.45, 2.75) is 65.2 Å². The quantitative estimate of drug-likeness (QED) is 0.819. The monoisotopic (exact) mass is 367 g/mol. The van der Waals surface area contributed by atoms with Crippen molar-refractivity contribution in [1.29, 1.82) is 0 Å². The Morgan fingerprint density at radius 2 is 2.00 bits per heavy atom. The highest BCUT2D eigenvalue weighted by Gasteiger charge is 2.35. The summed E-state index contributed by atoms with van der Waals surface area (Å²) in [6.07, 6.45) is 0.799. The summed E-state index contributed by atoms with van der Waals surface area (Å²) in [6.45, 7) is 10.1. The summed E-state index contributed by atoms with van der Waals surface area (Å²) in [5.41, 5.74) is 2.91. The van der Waals surface area contributed by atoms with E-state index in [0.29, 0.717) is 6.42 Å². The lowest BCUT2D eigenvalue weighted by Gasteiger charge is -2.38. The number of benzene rings is 2. The van der Waals surface area contributed by atoms with Crippen molar-refractivity contribution < 1.29 is 14.3 Å². The lowest BCUT2D eigenvalue weighted by molar-refractivity contribution is -0.129. The molecule has 2 atom stereocenters. The number of aryl methyl sites for hydroxylation is 2. The molecule has 0 aromatic heterocycles.